The van der Waals surface area contributed by atoms with Gasteiger partial charge in [-0.15, -0.1) is 11.6 Å². The highest BCUT2D eigenvalue weighted by Gasteiger charge is 2.34. The van der Waals surface area contributed by atoms with Gasteiger partial charge in [0.2, 0.25) is 5.75 Å². The monoisotopic (exact) mass is 418 g/mol. The van der Waals surface area contributed by atoms with Crippen LogP contribution >= 0.6 is 27.5 Å². The number of allylic oxidation sites excluding steroid dienone is 1. The molecule has 0 bridgehead atoms. The fraction of sp³-hybridized carbons (Fsp3) is 0.556. The molecule has 0 N–H and O–H groups in total. The van der Waals surface area contributed by atoms with Gasteiger partial charge in [-0.25, -0.2) is 0 Å². The predicted octanol–water partition coefficient (Wildman–Crippen LogP) is 5.27. The summed E-state index contributed by atoms with van der Waals surface area (Å²) < 4.78 is 23.5. The van der Waals surface area contributed by atoms with Gasteiger partial charge in [-0.2, -0.15) is 0 Å². The van der Waals surface area contributed by atoms with Crippen molar-refractivity contribution in [3.8, 4) is 17.2 Å². The van der Waals surface area contributed by atoms with E-state index in [4.69, 9.17) is 30.5 Å². The molecule has 0 aromatic heterocycles. The van der Waals surface area contributed by atoms with E-state index in [0.717, 1.165) is 29.3 Å². The number of benzene rings is 1. The van der Waals surface area contributed by atoms with Crippen molar-refractivity contribution in [3.63, 3.8) is 0 Å². The summed E-state index contributed by atoms with van der Waals surface area (Å²) in [6.45, 7) is 2.16. The van der Waals surface area contributed by atoms with Crippen LogP contribution in [0.3, 0.4) is 0 Å². The third-order valence-electron chi connectivity index (χ3n) is 4.16. The molecule has 134 valence electrons. The largest absolute Gasteiger partial charge is 0.493 e. The van der Waals surface area contributed by atoms with E-state index >= 15 is 0 Å². The van der Waals surface area contributed by atoms with Gasteiger partial charge in [-0.3, -0.25) is 0 Å². The fourth-order valence-corrected chi connectivity index (χ4v) is 3.95. The molecule has 1 aliphatic rings. The van der Waals surface area contributed by atoms with E-state index in [9.17, 15) is 0 Å². The van der Waals surface area contributed by atoms with Crippen LogP contribution in [0.2, 0.25) is 0 Å². The summed E-state index contributed by atoms with van der Waals surface area (Å²) in [4.78, 5) is 0. The molecule has 2 atom stereocenters. The highest BCUT2D eigenvalue weighted by Crippen LogP contribution is 2.50. The van der Waals surface area contributed by atoms with Gasteiger partial charge in [0.15, 0.2) is 11.5 Å². The molecular weight excluding hydrogens is 396 g/mol. The van der Waals surface area contributed by atoms with Crippen LogP contribution in [0.4, 0.5) is 0 Å². The van der Waals surface area contributed by atoms with Crippen LogP contribution in [-0.2, 0) is 4.74 Å². The lowest BCUT2D eigenvalue weighted by Crippen LogP contribution is -2.07. The number of methoxy groups -OCH3 is 3. The number of rotatable bonds is 7. The quantitative estimate of drug-likeness (QED) is 0.445. The van der Waals surface area contributed by atoms with Crippen LogP contribution in [0.1, 0.15) is 37.9 Å². The van der Waals surface area contributed by atoms with Gasteiger partial charge >= 0.3 is 0 Å². The van der Waals surface area contributed by atoms with Crippen molar-refractivity contribution in [2.75, 3.05) is 27.2 Å². The molecule has 24 heavy (non-hydrogen) atoms. The molecule has 1 aliphatic heterocycles. The Balaban J connectivity index is 2.51. The zero-order chi connectivity index (χ0) is 17.7. The lowest BCUT2D eigenvalue weighted by molar-refractivity contribution is 0.0459. The maximum absolute atomic E-state index is 6.30. The van der Waals surface area contributed by atoms with E-state index in [1.807, 2.05) is 12.1 Å². The minimum atomic E-state index is -0.164. The second kappa shape index (κ2) is 8.97. The Morgan fingerprint density at radius 3 is 2.50 bits per heavy atom. The molecule has 0 saturated carbocycles. The van der Waals surface area contributed by atoms with Gasteiger partial charge < -0.3 is 18.9 Å². The Morgan fingerprint density at radius 2 is 1.96 bits per heavy atom. The smallest absolute Gasteiger partial charge is 0.204 e. The lowest BCUT2D eigenvalue weighted by atomic mass is 9.98. The summed E-state index contributed by atoms with van der Waals surface area (Å²) in [6.07, 6.45) is 5.09. The highest BCUT2D eigenvalue weighted by atomic mass is 79.9. The first-order chi connectivity index (χ1) is 11.6. The molecule has 0 unspecified atom stereocenters. The molecule has 4 nitrogen and oxygen atoms in total. The topological polar surface area (TPSA) is 36.9 Å². The zero-order valence-corrected chi connectivity index (χ0v) is 16.9. The van der Waals surface area contributed by atoms with Gasteiger partial charge in [-0.1, -0.05) is 19.4 Å². The van der Waals surface area contributed by atoms with Crippen molar-refractivity contribution in [3.05, 3.63) is 27.8 Å². The number of hydrogen-bond donors (Lipinski definition) is 0. The van der Waals surface area contributed by atoms with Gasteiger partial charge in [-0.05, 0) is 40.4 Å². The molecular formula is C18H24BrClO4. The molecule has 1 aromatic carbocycles. The summed E-state index contributed by atoms with van der Waals surface area (Å²) in [6, 6.07) is 1.94. The number of halogens is 2. The molecule has 0 spiro atoms. The Hall–Kier alpha value is -0.910. The second-order valence-electron chi connectivity index (χ2n) is 5.61. The van der Waals surface area contributed by atoms with E-state index in [0.29, 0.717) is 23.1 Å². The maximum atomic E-state index is 6.30. The third kappa shape index (κ3) is 3.84. The van der Waals surface area contributed by atoms with Crippen LogP contribution < -0.4 is 14.2 Å². The Labute approximate surface area is 157 Å². The highest BCUT2D eigenvalue weighted by molar-refractivity contribution is 9.10. The van der Waals surface area contributed by atoms with Crippen molar-refractivity contribution >= 4 is 27.5 Å². The normalized spacial score (nSPS) is 22.0. The van der Waals surface area contributed by atoms with Gasteiger partial charge in [0.05, 0.1) is 31.9 Å². The summed E-state index contributed by atoms with van der Waals surface area (Å²) in [5, 5.41) is 0. The Kier molecular flexibility index (Phi) is 7.26. The third-order valence-corrected chi connectivity index (χ3v) is 5.13. The molecule has 6 heteroatoms. The number of hydrogen-bond acceptors (Lipinski definition) is 4. The summed E-state index contributed by atoms with van der Waals surface area (Å²) in [7, 11) is 4.81. The van der Waals surface area contributed by atoms with Crippen LogP contribution in [-0.4, -0.2) is 33.3 Å². The van der Waals surface area contributed by atoms with E-state index in [1.165, 1.54) is 5.57 Å². The standard InChI is InChI=1S/C18H24BrClO4/c1-5-6-12-9-11(7-8-20)16(24-12)13-10-14(21-2)17(22-3)18(23-4)15(13)19/h7,10,12,16H,5-6,8-9H2,1-4H3/b11-7-/t12-,16-/m0/s1. The molecule has 0 radical (unpaired) electrons. The molecule has 1 saturated heterocycles. The van der Waals surface area contributed by atoms with Crippen LogP contribution in [0.15, 0.2) is 22.2 Å². The minimum absolute atomic E-state index is 0.164. The van der Waals surface area contributed by atoms with E-state index in [2.05, 4.69) is 22.9 Å². The summed E-state index contributed by atoms with van der Waals surface area (Å²) >= 11 is 9.59. The zero-order valence-electron chi connectivity index (χ0n) is 14.5. The van der Waals surface area contributed by atoms with Crippen LogP contribution in [0.5, 0.6) is 17.2 Å². The Bertz CT molecular complexity index is 603. The summed E-state index contributed by atoms with van der Waals surface area (Å²) in [5.74, 6) is 2.23. The first-order valence-corrected chi connectivity index (χ1v) is 9.32. The average Bonchev–Trinajstić information content (AvgIpc) is 2.97. The molecule has 2 rings (SSSR count). The molecule has 1 aromatic rings. The summed E-state index contributed by atoms with van der Waals surface area (Å²) in [5.41, 5.74) is 2.15. The predicted molar refractivity (Wildman–Crippen MR) is 99.7 cm³/mol. The van der Waals surface area contributed by atoms with Crippen molar-refractivity contribution in [2.45, 2.75) is 38.4 Å². The van der Waals surface area contributed by atoms with Gasteiger partial charge in [0.1, 0.15) is 6.10 Å². The van der Waals surface area contributed by atoms with Crippen molar-refractivity contribution in [1.82, 2.24) is 0 Å². The van der Waals surface area contributed by atoms with E-state index in [-0.39, 0.29) is 12.2 Å². The SMILES string of the molecule is CCC[C@H]1C/C(=C/CCl)[C@@H](c2cc(OC)c(OC)c(OC)c2Br)O1. The number of alkyl halides is 1. The maximum Gasteiger partial charge on any atom is 0.204 e. The first kappa shape index (κ1) is 19.4. The van der Waals surface area contributed by atoms with Crippen LogP contribution in [0.25, 0.3) is 0 Å². The average molecular weight is 420 g/mol. The van der Waals surface area contributed by atoms with Crippen LogP contribution in [0, 0.1) is 0 Å². The van der Waals surface area contributed by atoms with Crippen molar-refractivity contribution in [1.29, 1.82) is 0 Å². The number of ether oxygens (including phenoxy) is 4. The first-order valence-electron chi connectivity index (χ1n) is 7.99. The van der Waals surface area contributed by atoms with Crippen molar-refractivity contribution < 1.29 is 18.9 Å². The molecule has 0 aliphatic carbocycles. The molecule has 1 heterocycles. The van der Waals surface area contributed by atoms with Gasteiger partial charge in [0, 0.05) is 11.4 Å². The fourth-order valence-electron chi connectivity index (χ4n) is 3.08. The lowest BCUT2D eigenvalue weighted by Gasteiger charge is -2.21. The second-order valence-corrected chi connectivity index (χ2v) is 6.71. The van der Waals surface area contributed by atoms with Gasteiger partial charge in [0.25, 0.3) is 0 Å². The minimum Gasteiger partial charge on any atom is -0.493 e. The van der Waals surface area contributed by atoms with E-state index < -0.39 is 0 Å². The van der Waals surface area contributed by atoms with Crippen molar-refractivity contribution in [2.24, 2.45) is 0 Å². The molecule has 0 amide bonds. The molecule has 1 fully saturated rings. The van der Waals surface area contributed by atoms with E-state index in [1.54, 1.807) is 21.3 Å². The Morgan fingerprint density at radius 1 is 1.25 bits per heavy atom.